The van der Waals surface area contributed by atoms with Crippen LogP contribution in [0.5, 0.6) is 0 Å². The number of aromatic nitrogens is 2. The van der Waals surface area contributed by atoms with Gasteiger partial charge >= 0.3 is 0 Å². The van der Waals surface area contributed by atoms with E-state index in [1.54, 1.807) is 0 Å². The first-order valence-corrected chi connectivity index (χ1v) is 7.37. The molecule has 1 aliphatic rings. The summed E-state index contributed by atoms with van der Waals surface area (Å²) in [7, 11) is 0. The topological polar surface area (TPSA) is 69.8 Å². The standard InChI is InChI=1S/C17H16N4O/c22-16-9-11(12-5-1-2-6-13(12)19-16)10-18-17-20-14-7-3-4-8-15(14)21-17/h1-8,11H,9-10H2,(H,19,22)(H2,18,20,21). The van der Waals surface area contributed by atoms with Gasteiger partial charge in [-0.15, -0.1) is 0 Å². The number of fused-ring (bicyclic) bond motifs is 2. The van der Waals surface area contributed by atoms with Crippen LogP contribution in [0.25, 0.3) is 11.0 Å². The fourth-order valence-electron chi connectivity index (χ4n) is 2.94. The average molecular weight is 292 g/mol. The summed E-state index contributed by atoms with van der Waals surface area (Å²) in [5, 5.41) is 6.24. The maximum atomic E-state index is 11.8. The molecule has 1 amide bonds. The quantitative estimate of drug-likeness (QED) is 0.694. The Kier molecular flexibility index (Phi) is 3.04. The molecular formula is C17H16N4O. The molecule has 3 aromatic rings. The molecule has 0 saturated heterocycles. The van der Waals surface area contributed by atoms with Gasteiger partial charge in [-0.1, -0.05) is 30.3 Å². The molecule has 1 aliphatic heterocycles. The minimum atomic E-state index is 0.0649. The smallest absolute Gasteiger partial charge is 0.225 e. The Morgan fingerprint density at radius 1 is 1.14 bits per heavy atom. The molecule has 22 heavy (non-hydrogen) atoms. The van der Waals surface area contributed by atoms with E-state index in [2.05, 4.69) is 26.7 Å². The normalized spacial score (nSPS) is 17.1. The average Bonchev–Trinajstić information content (AvgIpc) is 2.95. The molecule has 5 nitrogen and oxygen atoms in total. The van der Waals surface area contributed by atoms with E-state index in [9.17, 15) is 4.79 Å². The lowest BCUT2D eigenvalue weighted by atomic mass is 9.90. The number of amides is 1. The number of benzene rings is 2. The van der Waals surface area contributed by atoms with Crippen molar-refractivity contribution in [2.75, 3.05) is 17.2 Å². The van der Waals surface area contributed by atoms with Crippen molar-refractivity contribution in [3.8, 4) is 0 Å². The van der Waals surface area contributed by atoms with Crippen molar-refractivity contribution in [1.82, 2.24) is 9.97 Å². The Bertz CT molecular complexity index is 806. The van der Waals surface area contributed by atoms with Crippen molar-refractivity contribution in [2.45, 2.75) is 12.3 Å². The third-order valence-corrected chi connectivity index (χ3v) is 4.01. The number of carbonyl (C=O) groups excluding carboxylic acids is 1. The zero-order valence-electron chi connectivity index (χ0n) is 12.0. The van der Waals surface area contributed by atoms with Crippen LogP contribution in [-0.2, 0) is 4.79 Å². The second-order valence-corrected chi connectivity index (χ2v) is 5.52. The Balaban J connectivity index is 1.55. The van der Waals surface area contributed by atoms with Gasteiger partial charge in [0.05, 0.1) is 11.0 Å². The van der Waals surface area contributed by atoms with Crippen LogP contribution in [-0.4, -0.2) is 22.4 Å². The highest BCUT2D eigenvalue weighted by molar-refractivity contribution is 5.94. The molecule has 4 rings (SSSR count). The van der Waals surface area contributed by atoms with Crippen molar-refractivity contribution < 1.29 is 4.79 Å². The first kappa shape index (κ1) is 12.9. The summed E-state index contributed by atoms with van der Waals surface area (Å²) in [6, 6.07) is 15.9. The number of H-pyrrole nitrogens is 1. The van der Waals surface area contributed by atoms with Gasteiger partial charge in [0.2, 0.25) is 11.9 Å². The number of hydrogen-bond acceptors (Lipinski definition) is 3. The van der Waals surface area contributed by atoms with Crippen LogP contribution >= 0.6 is 0 Å². The van der Waals surface area contributed by atoms with Crippen LogP contribution in [0.3, 0.4) is 0 Å². The molecule has 110 valence electrons. The van der Waals surface area contributed by atoms with Gasteiger partial charge in [0.15, 0.2) is 0 Å². The van der Waals surface area contributed by atoms with Gasteiger partial charge in [-0.05, 0) is 23.8 Å². The van der Waals surface area contributed by atoms with E-state index in [0.29, 0.717) is 13.0 Å². The third-order valence-electron chi connectivity index (χ3n) is 4.01. The maximum Gasteiger partial charge on any atom is 0.225 e. The summed E-state index contributed by atoms with van der Waals surface area (Å²) in [5.41, 5.74) is 4.03. The van der Waals surface area contributed by atoms with E-state index < -0.39 is 0 Å². The van der Waals surface area contributed by atoms with Gasteiger partial charge in [0, 0.05) is 24.6 Å². The SMILES string of the molecule is O=C1CC(CNc2nc3ccccc3[nH]2)c2ccccc2N1. The molecule has 0 saturated carbocycles. The molecule has 0 fully saturated rings. The van der Waals surface area contributed by atoms with Gasteiger partial charge in [-0.2, -0.15) is 0 Å². The zero-order chi connectivity index (χ0) is 14.9. The summed E-state index contributed by atoms with van der Waals surface area (Å²) in [4.78, 5) is 19.6. The minimum absolute atomic E-state index is 0.0649. The molecule has 3 N–H and O–H groups in total. The molecule has 0 radical (unpaired) electrons. The van der Waals surface area contributed by atoms with Gasteiger partial charge in [0.25, 0.3) is 0 Å². The Labute approximate surface area is 127 Å². The van der Waals surface area contributed by atoms with Crippen LogP contribution in [0, 0.1) is 0 Å². The van der Waals surface area contributed by atoms with Crippen molar-refractivity contribution in [2.24, 2.45) is 0 Å². The van der Waals surface area contributed by atoms with Crippen LogP contribution in [0.1, 0.15) is 17.9 Å². The van der Waals surface area contributed by atoms with Crippen molar-refractivity contribution in [1.29, 1.82) is 0 Å². The molecule has 2 heterocycles. The predicted molar refractivity (Wildman–Crippen MR) is 87.0 cm³/mol. The second kappa shape index (κ2) is 5.18. The highest BCUT2D eigenvalue weighted by Gasteiger charge is 2.24. The molecule has 0 aliphatic carbocycles. The van der Waals surface area contributed by atoms with Gasteiger partial charge in [-0.3, -0.25) is 4.79 Å². The number of nitrogens with one attached hydrogen (secondary N) is 3. The lowest BCUT2D eigenvalue weighted by Gasteiger charge is -2.25. The van der Waals surface area contributed by atoms with Crippen molar-refractivity contribution >= 4 is 28.6 Å². The molecule has 0 bridgehead atoms. The number of rotatable bonds is 3. The Morgan fingerprint density at radius 3 is 2.86 bits per heavy atom. The number of hydrogen-bond donors (Lipinski definition) is 3. The number of nitrogens with zero attached hydrogens (tertiary/aromatic N) is 1. The monoisotopic (exact) mass is 292 g/mol. The van der Waals surface area contributed by atoms with E-state index in [1.165, 1.54) is 5.56 Å². The van der Waals surface area contributed by atoms with Gasteiger partial charge in [0.1, 0.15) is 0 Å². The van der Waals surface area contributed by atoms with E-state index in [-0.39, 0.29) is 11.8 Å². The zero-order valence-corrected chi connectivity index (χ0v) is 12.0. The van der Waals surface area contributed by atoms with Crippen LogP contribution in [0.2, 0.25) is 0 Å². The summed E-state index contributed by atoms with van der Waals surface area (Å²) in [6.45, 7) is 0.671. The summed E-state index contributed by atoms with van der Waals surface area (Å²) in [6.07, 6.45) is 0.490. The molecule has 5 heteroatoms. The fraction of sp³-hybridized carbons (Fsp3) is 0.176. The number of imidazole rings is 1. The third kappa shape index (κ3) is 2.30. The fourth-order valence-corrected chi connectivity index (χ4v) is 2.94. The summed E-state index contributed by atoms with van der Waals surface area (Å²) >= 11 is 0. The van der Waals surface area contributed by atoms with Crippen molar-refractivity contribution in [3.63, 3.8) is 0 Å². The highest BCUT2D eigenvalue weighted by Crippen LogP contribution is 2.31. The maximum absolute atomic E-state index is 11.8. The molecule has 1 atom stereocenters. The molecule has 0 spiro atoms. The number of para-hydroxylation sites is 3. The summed E-state index contributed by atoms with van der Waals surface area (Å²) in [5.74, 6) is 0.956. The number of aromatic amines is 1. The van der Waals surface area contributed by atoms with E-state index in [1.807, 2.05) is 42.5 Å². The number of anilines is 2. The molecule has 1 aromatic heterocycles. The molecule has 2 aromatic carbocycles. The predicted octanol–water partition coefficient (Wildman–Crippen LogP) is 3.10. The minimum Gasteiger partial charge on any atom is -0.355 e. The van der Waals surface area contributed by atoms with Gasteiger partial charge in [-0.25, -0.2) is 4.98 Å². The van der Waals surface area contributed by atoms with E-state index in [0.717, 1.165) is 22.7 Å². The Morgan fingerprint density at radius 2 is 1.95 bits per heavy atom. The van der Waals surface area contributed by atoms with Crippen molar-refractivity contribution in [3.05, 3.63) is 54.1 Å². The van der Waals surface area contributed by atoms with E-state index >= 15 is 0 Å². The molecule has 1 unspecified atom stereocenters. The first-order chi connectivity index (χ1) is 10.8. The molecular weight excluding hydrogens is 276 g/mol. The first-order valence-electron chi connectivity index (χ1n) is 7.37. The lowest BCUT2D eigenvalue weighted by Crippen LogP contribution is -2.26. The van der Waals surface area contributed by atoms with Gasteiger partial charge < -0.3 is 15.6 Å². The second-order valence-electron chi connectivity index (χ2n) is 5.52. The van der Waals surface area contributed by atoms with Crippen LogP contribution in [0.4, 0.5) is 11.6 Å². The van der Waals surface area contributed by atoms with E-state index in [4.69, 9.17) is 0 Å². The Hall–Kier alpha value is -2.82. The summed E-state index contributed by atoms with van der Waals surface area (Å²) < 4.78 is 0. The number of carbonyl (C=O) groups is 1. The largest absolute Gasteiger partial charge is 0.355 e. The lowest BCUT2D eigenvalue weighted by molar-refractivity contribution is -0.116. The highest BCUT2D eigenvalue weighted by atomic mass is 16.1. The van der Waals surface area contributed by atoms with Crippen LogP contribution < -0.4 is 10.6 Å². The van der Waals surface area contributed by atoms with Crippen LogP contribution in [0.15, 0.2) is 48.5 Å².